The molecule has 0 unspecified atom stereocenters. The number of benzene rings is 2. The van der Waals surface area contributed by atoms with Crippen molar-refractivity contribution in [3.63, 3.8) is 0 Å². The van der Waals surface area contributed by atoms with E-state index in [2.05, 4.69) is 51.5 Å². The molecule has 198 valence electrons. The van der Waals surface area contributed by atoms with Crippen molar-refractivity contribution in [2.45, 2.75) is 36.4 Å². The highest BCUT2D eigenvalue weighted by atomic mass is 32.2. The molecule has 0 bridgehead atoms. The first-order valence-electron chi connectivity index (χ1n) is 13.2. The number of nitrogens with one attached hydrogen (secondary N) is 1. The Morgan fingerprint density at radius 2 is 1.82 bits per heavy atom. The van der Waals surface area contributed by atoms with Gasteiger partial charge in [-0.25, -0.2) is 9.97 Å². The topological polar surface area (TPSA) is 70.6 Å². The lowest BCUT2D eigenvalue weighted by molar-refractivity contribution is 0.0951. The summed E-state index contributed by atoms with van der Waals surface area (Å²) in [6.45, 7) is 5.24. The Kier molecular flexibility index (Phi) is 9.06. The third-order valence-corrected chi connectivity index (χ3v) is 7.62. The number of carbonyl (C=O) groups excluding carboxylic acids is 1. The molecule has 1 saturated heterocycles. The molecule has 0 radical (unpaired) electrons. The first kappa shape index (κ1) is 26.4. The summed E-state index contributed by atoms with van der Waals surface area (Å²) < 4.78 is 5.38. The summed E-state index contributed by atoms with van der Waals surface area (Å²) in [6, 6.07) is 20.7. The summed E-state index contributed by atoms with van der Waals surface area (Å²) in [5.74, 6) is 1.71. The number of ether oxygens (including phenoxy) is 1. The van der Waals surface area contributed by atoms with Gasteiger partial charge in [-0.1, -0.05) is 66.4 Å². The van der Waals surface area contributed by atoms with Gasteiger partial charge in [-0.05, 0) is 36.1 Å². The molecule has 1 saturated carbocycles. The number of rotatable bonds is 11. The molecule has 1 amide bonds. The fourth-order valence-corrected chi connectivity index (χ4v) is 5.19. The van der Waals surface area contributed by atoms with E-state index in [1.54, 1.807) is 18.9 Å². The highest BCUT2D eigenvalue weighted by Crippen LogP contribution is 2.25. The maximum absolute atomic E-state index is 12.2. The molecular weight excluding hydrogens is 494 g/mol. The Morgan fingerprint density at radius 3 is 2.53 bits per heavy atom. The van der Waals surface area contributed by atoms with Crippen molar-refractivity contribution < 1.29 is 9.53 Å². The second-order valence-corrected chi connectivity index (χ2v) is 10.7. The van der Waals surface area contributed by atoms with Gasteiger partial charge >= 0.3 is 0 Å². The number of amides is 1. The number of hydrogen-bond donors (Lipinski definition) is 1. The molecule has 0 spiro atoms. The van der Waals surface area contributed by atoms with Crippen LogP contribution in [0.25, 0.3) is 6.08 Å². The zero-order valence-electron chi connectivity index (χ0n) is 21.9. The molecule has 2 fully saturated rings. The normalized spacial score (nSPS) is 16.2. The highest BCUT2D eigenvalue weighted by molar-refractivity contribution is 7.98. The Labute approximate surface area is 229 Å². The van der Waals surface area contributed by atoms with Crippen LogP contribution in [0.15, 0.2) is 71.9 Å². The predicted molar refractivity (Wildman–Crippen MR) is 153 cm³/mol. The molecule has 3 aromatic rings. The summed E-state index contributed by atoms with van der Waals surface area (Å²) in [6.07, 6.45) is 6.61. The average Bonchev–Trinajstić information content (AvgIpc) is 3.77. The van der Waals surface area contributed by atoms with Crippen molar-refractivity contribution in [1.29, 1.82) is 0 Å². The average molecular weight is 530 g/mol. The van der Waals surface area contributed by atoms with Crippen LogP contribution in [0, 0.1) is 0 Å². The minimum Gasteiger partial charge on any atom is -0.378 e. The van der Waals surface area contributed by atoms with E-state index in [0.717, 1.165) is 73.5 Å². The summed E-state index contributed by atoms with van der Waals surface area (Å²) in [4.78, 5) is 26.7. The van der Waals surface area contributed by atoms with E-state index in [1.807, 2.05) is 36.4 Å². The Balaban J connectivity index is 1.16. The lowest BCUT2D eigenvalue weighted by Crippen LogP contribution is -2.46. The van der Waals surface area contributed by atoms with E-state index in [1.165, 1.54) is 5.56 Å². The number of piperazine rings is 1. The van der Waals surface area contributed by atoms with E-state index in [-0.39, 0.29) is 5.91 Å². The van der Waals surface area contributed by atoms with Crippen LogP contribution in [0.1, 0.15) is 40.0 Å². The number of anilines is 1. The van der Waals surface area contributed by atoms with Gasteiger partial charge < -0.3 is 15.0 Å². The Hall–Kier alpha value is -3.20. The van der Waals surface area contributed by atoms with Crippen molar-refractivity contribution in [3.8, 4) is 0 Å². The Morgan fingerprint density at radius 1 is 1.05 bits per heavy atom. The molecule has 38 heavy (non-hydrogen) atoms. The maximum atomic E-state index is 12.2. The van der Waals surface area contributed by atoms with E-state index in [4.69, 9.17) is 14.7 Å². The standard InChI is InChI=1S/C30H35N5O2S/c1-37-21-27-20-28(35-18-16-34(17-19-35)15-5-8-23-6-3-2-4-7-23)33-30(32-27)38-22-24-9-11-25(12-10-24)29(36)31-26-13-14-26/h2-12,20,26H,13-19,21-22H2,1H3,(H,31,36)/b8-5+. The van der Waals surface area contributed by atoms with Crippen molar-refractivity contribution in [3.05, 3.63) is 89.1 Å². The van der Waals surface area contributed by atoms with E-state index < -0.39 is 0 Å². The van der Waals surface area contributed by atoms with E-state index in [9.17, 15) is 4.79 Å². The summed E-state index contributed by atoms with van der Waals surface area (Å²) in [7, 11) is 1.69. The predicted octanol–water partition coefficient (Wildman–Crippen LogP) is 4.64. The van der Waals surface area contributed by atoms with Crippen LogP contribution in [0.4, 0.5) is 5.82 Å². The smallest absolute Gasteiger partial charge is 0.251 e. The SMILES string of the molecule is COCc1cc(N2CCN(C/C=C/c3ccccc3)CC2)nc(SCc2ccc(C(=O)NC3CC3)cc2)n1. The van der Waals surface area contributed by atoms with Crippen molar-refractivity contribution in [2.75, 3.05) is 44.7 Å². The van der Waals surface area contributed by atoms with Gasteiger partial charge in [0.2, 0.25) is 0 Å². The fraction of sp³-hybridized carbons (Fsp3) is 0.367. The number of thioether (sulfide) groups is 1. The molecule has 1 aliphatic heterocycles. The van der Waals surface area contributed by atoms with Gasteiger partial charge in [0.15, 0.2) is 5.16 Å². The third kappa shape index (κ3) is 7.66. The van der Waals surface area contributed by atoms with Gasteiger partial charge in [-0.15, -0.1) is 0 Å². The van der Waals surface area contributed by atoms with E-state index >= 15 is 0 Å². The number of methoxy groups -OCH3 is 1. The van der Waals surface area contributed by atoms with Crippen LogP contribution in [-0.2, 0) is 17.1 Å². The number of aromatic nitrogens is 2. The maximum Gasteiger partial charge on any atom is 0.251 e. The van der Waals surface area contributed by atoms with Crippen LogP contribution >= 0.6 is 11.8 Å². The quantitative estimate of drug-likeness (QED) is 0.287. The molecule has 8 heteroatoms. The molecule has 2 heterocycles. The van der Waals surface area contributed by atoms with Gasteiger partial charge in [0.1, 0.15) is 5.82 Å². The lowest BCUT2D eigenvalue weighted by atomic mass is 10.1. The van der Waals surface area contributed by atoms with Crippen molar-refractivity contribution in [2.24, 2.45) is 0 Å². The zero-order chi connectivity index (χ0) is 26.2. The molecule has 1 N–H and O–H groups in total. The zero-order valence-corrected chi connectivity index (χ0v) is 22.7. The second kappa shape index (κ2) is 13.0. The second-order valence-electron chi connectivity index (χ2n) is 9.77. The number of hydrogen-bond acceptors (Lipinski definition) is 7. The number of carbonyl (C=O) groups is 1. The van der Waals surface area contributed by atoms with Crippen LogP contribution < -0.4 is 10.2 Å². The first-order valence-corrected chi connectivity index (χ1v) is 14.2. The summed E-state index contributed by atoms with van der Waals surface area (Å²) in [5.41, 5.74) is 3.97. The molecular formula is C30H35N5O2S. The largest absolute Gasteiger partial charge is 0.378 e. The third-order valence-electron chi connectivity index (χ3n) is 6.70. The van der Waals surface area contributed by atoms with Gasteiger partial charge in [-0.3, -0.25) is 9.69 Å². The van der Waals surface area contributed by atoms with Gasteiger partial charge in [-0.2, -0.15) is 0 Å². The van der Waals surface area contributed by atoms with Gasteiger partial charge in [0, 0.05) is 63.3 Å². The van der Waals surface area contributed by atoms with Gasteiger partial charge in [0.05, 0.1) is 12.3 Å². The highest BCUT2D eigenvalue weighted by Gasteiger charge is 2.23. The minimum atomic E-state index is 0.0132. The molecule has 1 aliphatic carbocycles. The molecule has 7 nitrogen and oxygen atoms in total. The van der Waals surface area contributed by atoms with Crippen molar-refractivity contribution in [1.82, 2.24) is 20.2 Å². The van der Waals surface area contributed by atoms with Crippen LogP contribution in [-0.4, -0.2) is 66.7 Å². The fourth-order valence-electron chi connectivity index (χ4n) is 4.37. The molecule has 0 atom stereocenters. The summed E-state index contributed by atoms with van der Waals surface area (Å²) in [5, 5.41) is 3.78. The van der Waals surface area contributed by atoms with Gasteiger partial charge in [0.25, 0.3) is 5.91 Å². The van der Waals surface area contributed by atoms with Crippen LogP contribution in [0.3, 0.4) is 0 Å². The number of nitrogens with zero attached hydrogens (tertiary/aromatic N) is 4. The summed E-state index contributed by atoms with van der Waals surface area (Å²) >= 11 is 1.61. The first-order chi connectivity index (χ1) is 18.7. The lowest BCUT2D eigenvalue weighted by Gasteiger charge is -2.35. The molecule has 2 aromatic carbocycles. The molecule has 5 rings (SSSR count). The monoisotopic (exact) mass is 529 g/mol. The van der Waals surface area contributed by atoms with Crippen LogP contribution in [0.2, 0.25) is 0 Å². The molecule has 1 aromatic heterocycles. The minimum absolute atomic E-state index is 0.0132. The molecule has 2 aliphatic rings. The van der Waals surface area contributed by atoms with Crippen LogP contribution in [0.5, 0.6) is 0 Å². The Bertz CT molecular complexity index is 1220. The van der Waals surface area contributed by atoms with E-state index in [0.29, 0.717) is 18.2 Å². The van der Waals surface area contributed by atoms with Crippen molar-refractivity contribution >= 4 is 29.6 Å².